The van der Waals surface area contributed by atoms with Gasteiger partial charge in [0.25, 0.3) is 5.56 Å². The largest absolute Gasteiger partial charge is 0.440 e. The van der Waals surface area contributed by atoms with Gasteiger partial charge in [-0.05, 0) is 36.2 Å². The van der Waals surface area contributed by atoms with E-state index in [1.807, 2.05) is 12.1 Å². The number of benzene rings is 1. The first kappa shape index (κ1) is 18.4. The van der Waals surface area contributed by atoms with Gasteiger partial charge in [0, 0.05) is 24.2 Å². The van der Waals surface area contributed by atoms with Gasteiger partial charge in [-0.25, -0.2) is 4.39 Å². The minimum atomic E-state index is -0.738. The lowest BCUT2D eigenvalue weighted by atomic mass is 9.84. The number of aromatic nitrogens is 2. The maximum absolute atomic E-state index is 13.5. The second-order valence-corrected chi connectivity index (χ2v) is 6.79. The fourth-order valence-corrected chi connectivity index (χ4v) is 3.55. The van der Waals surface area contributed by atoms with Crippen LogP contribution >= 0.6 is 0 Å². The van der Waals surface area contributed by atoms with Gasteiger partial charge in [0.1, 0.15) is 23.2 Å². The molecule has 0 saturated heterocycles. The summed E-state index contributed by atoms with van der Waals surface area (Å²) in [7, 11) is 0. The number of ether oxygens (including phenoxy) is 1. The van der Waals surface area contributed by atoms with Gasteiger partial charge >= 0.3 is 0 Å². The molecule has 0 radical (unpaired) electrons. The van der Waals surface area contributed by atoms with Crippen LogP contribution in [0.25, 0.3) is 0 Å². The van der Waals surface area contributed by atoms with Crippen molar-refractivity contribution in [2.24, 2.45) is 5.73 Å². The van der Waals surface area contributed by atoms with Crippen molar-refractivity contribution in [2.75, 3.05) is 0 Å². The van der Waals surface area contributed by atoms with Gasteiger partial charge in [-0.1, -0.05) is 18.2 Å². The predicted molar refractivity (Wildman–Crippen MR) is 104 cm³/mol. The van der Waals surface area contributed by atoms with Crippen molar-refractivity contribution in [1.82, 2.24) is 9.55 Å². The molecular formula is C22H17FN4O2. The molecule has 1 atom stereocenters. The molecule has 0 fully saturated rings. The molecule has 1 aliphatic rings. The summed E-state index contributed by atoms with van der Waals surface area (Å²) in [5, 5.41) is 9.66. The molecule has 0 aliphatic carbocycles. The molecule has 3 heterocycles. The Balaban J connectivity index is 1.92. The molecule has 2 N–H and O–H groups in total. The number of halogens is 1. The number of fused-ring (bicyclic) bond motifs is 1. The number of nitrogens with two attached hydrogens (primary N) is 1. The fourth-order valence-electron chi connectivity index (χ4n) is 3.55. The molecule has 7 heteroatoms. The molecule has 144 valence electrons. The Kier molecular flexibility index (Phi) is 4.61. The Hall–Kier alpha value is -3.92. The monoisotopic (exact) mass is 388 g/mol. The normalized spacial score (nSPS) is 15.4. The van der Waals surface area contributed by atoms with Gasteiger partial charge in [0.05, 0.1) is 18.0 Å². The lowest BCUT2D eigenvalue weighted by molar-refractivity contribution is 0.389. The van der Waals surface area contributed by atoms with Crippen LogP contribution < -0.4 is 16.0 Å². The van der Waals surface area contributed by atoms with E-state index in [0.29, 0.717) is 29.1 Å². The number of nitriles is 1. The second-order valence-electron chi connectivity index (χ2n) is 6.79. The van der Waals surface area contributed by atoms with Crippen LogP contribution in [0.2, 0.25) is 0 Å². The first-order chi connectivity index (χ1) is 14.0. The summed E-state index contributed by atoms with van der Waals surface area (Å²) >= 11 is 0. The number of nitrogens with zero attached hydrogens (tertiary/aromatic N) is 3. The summed E-state index contributed by atoms with van der Waals surface area (Å²) in [5.41, 5.74) is 8.24. The Bertz CT molecular complexity index is 1210. The number of aryl methyl sites for hydroxylation is 1. The third-order valence-corrected chi connectivity index (χ3v) is 4.96. The SMILES string of the molecule is Cc1cc2c(c(=O)n1Cc1cccnc1)[C@H](c1ccc(F)cc1)C(C#N)=C(N)O2. The number of allylic oxidation sites excluding steroid dienone is 1. The van der Waals surface area contributed by atoms with E-state index >= 15 is 0 Å². The summed E-state index contributed by atoms with van der Waals surface area (Å²) < 4.78 is 20.7. The van der Waals surface area contributed by atoms with Gasteiger partial charge in [0.15, 0.2) is 0 Å². The van der Waals surface area contributed by atoms with Gasteiger partial charge in [-0.2, -0.15) is 5.26 Å². The smallest absolute Gasteiger partial charge is 0.259 e. The third-order valence-electron chi connectivity index (χ3n) is 4.96. The van der Waals surface area contributed by atoms with E-state index in [4.69, 9.17) is 10.5 Å². The van der Waals surface area contributed by atoms with Gasteiger partial charge < -0.3 is 15.0 Å². The van der Waals surface area contributed by atoms with E-state index in [-0.39, 0.29) is 17.0 Å². The standard InChI is InChI=1S/C22H17FN4O2/c1-13-9-18-20(22(28)27(13)12-14-3-2-8-26-11-14)19(17(10-24)21(25)29-18)15-4-6-16(23)7-5-15/h2-9,11,19H,12,25H2,1H3/t19-/m1/s1. The van der Waals surface area contributed by atoms with Crippen molar-refractivity contribution in [3.8, 4) is 11.8 Å². The molecular weight excluding hydrogens is 371 g/mol. The molecule has 0 amide bonds. The average Bonchev–Trinajstić information content (AvgIpc) is 2.71. The summed E-state index contributed by atoms with van der Waals surface area (Å²) in [6, 6.07) is 13.1. The van der Waals surface area contributed by atoms with Crippen LogP contribution in [0.1, 0.15) is 28.3 Å². The van der Waals surface area contributed by atoms with Crippen LogP contribution in [0.4, 0.5) is 4.39 Å². The van der Waals surface area contributed by atoms with E-state index in [1.165, 1.54) is 12.1 Å². The number of hydrogen-bond acceptors (Lipinski definition) is 5. The van der Waals surface area contributed by atoms with Gasteiger partial charge in [-0.3, -0.25) is 9.78 Å². The number of hydrogen-bond donors (Lipinski definition) is 1. The Labute approximate surface area is 166 Å². The van der Waals surface area contributed by atoms with Crippen LogP contribution in [0.15, 0.2) is 71.1 Å². The molecule has 0 bridgehead atoms. The molecule has 29 heavy (non-hydrogen) atoms. The summed E-state index contributed by atoms with van der Waals surface area (Å²) in [6.07, 6.45) is 3.36. The zero-order chi connectivity index (χ0) is 20.5. The van der Waals surface area contributed by atoms with Crippen molar-refractivity contribution in [3.63, 3.8) is 0 Å². The minimum absolute atomic E-state index is 0.0573. The predicted octanol–water partition coefficient (Wildman–Crippen LogP) is 2.96. The maximum atomic E-state index is 13.5. The van der Waals surface area contributed by atoms with Crippen molar-refractivity contribution in [3.05, 3.63) is 105 Å². The van der Waals surface area contributed by atoms with E-state index in [2.05, 4.69) is 4.98 Å². The minimum Gasteiger partial charge on any atom is -0.440 e. The van der Waals surface area contributed by atoms with E-state index in [9.17, 15) is 14.4 Å². The topological polar surface area (TPSA) is 93.9 Å². The Morgan fingerprint density at radius 2 is 2.07 bits per heavy atom. The molecule has 1 aromatic carbocycles. The molecule has 4 rings (SSSR count). The van der Waals surface area contributed by atoms with Crippen LogP contribution in [0, 0.1) is 24.1 Å². The number of rotatable bonds is 3. The van der Waals surface area contributed by atoms with Crippen LogP contribution in [0.5, 0.6) is 5.75 Å². The van der Waals surface area contributed by atoms with Gasteiger partial charge in [-0.15, -0.1) is 0 Å². The van der Waals surface area contributed by atoms with E-state index in [0.717, 1.165) is 5.56 Å². The molecule has 2 aromatic heterocycles. The van der Waals surface area contributed by atoms with Crippen LogP contribution in [0.3, 0.4) is 0 Å². The molecule has 0 spiro atoms. The Morgan fingerprint density at radius 1 is 1.31 bits per heavy atom. The lowest BCUT2D eigenvalue weighted by Gasteiger charge is -2.27. The van der Waals surface area contributed by atoms with Crippen molar-refractivity contribution in [1.29, 1.82) is 5.26 Å². The van der Waals surface area contributed by atoms with Crippen LogP contribution in [-0.2, 0) is 6.54 Å². The Morgan fingerprint density at radius 3 is 2.72 bits per heavy atom. The molecule has 0 saturated carbocycles. The summed E-state index contributed by atoms with van der Waals surface area (Å²) in [5.74, 6) is -0.897. The highest BCUT2D eigenvalue weighted by Crippen LogP contribution is 2.40. The van der Waals surface area contributed by atoms with Crippen LogP contribution in [-0.4, -0.2) is 9.55 Å². The molecule has 1 aliphatic heterocycles. The first-order valence-electron chi connectivity index (χ1n) is 8.96. The highest BCUT2D eigenvalue weighted by Gasteiger charge is 2.34. The zero-order valence-corrected chi connectivity index (χ0v) is 15.6. The van der Waals surface area contributed by atoms with Crippen molar-refractivity contribution >= 4 is 0 Å². The molecule has 6 nitrogen and oxygen atoms in total. The third kappa shape index (κ3) is 3.25. The van der Waals surface area contributed by atoms with Crippen molar-refractivity contribution in [2.45, 2.75) is 19.4 Å². The average molecular weight is 388 g/mol. The van der Waals surface area contributed by atoms with Gasteiger partial charge in [0.2, 0.25) is 5.88 Å². The quantitative estimate of drug-likeness (QED) is 0.744. The van der Waals surface area contributed by atoms with E-state index < -0.39 is 11.7 Å². The highest BCUT2D eigenvalue weighted by atomic mass is 19.1. The fraction of sp³-hybridized carbons (Fsp3) is 0.136. The van der Waals surface area contributed by atoms with Crippen molar-refractivity contribution < 1.29 is 9.13 Å². The summed E-state index contributed by atoms with van der Waals surface area (Å²) in [4.78, 5) is 17.6. The number of pyridine rings is 2. The lowest BCUT2D eigenvalue weighted by Crippen LogP contribution is -2.33. The zero-order valence-electron chi connectivity index (χ0n) is 15.6. The van der Waals surface area contributed by atoms with E-state index in [1.54, 1.807) is 48.1 Å². The molecule has 3 aromatic rings. The summed E-state index contributed by atoms with van der Waals surface area (Å²) in [6.45, 7) is 2.12. The molecule has 0 unspecified atom stereocenters. The maximum Gasteiger partial charge on any atom is 0.259 e. The highest BCUT2D eigenvalue weighted by molar-refractivity contribution is 5.55. The first-order valence-corrected chi connectivity index (χ1v) is 8.96. The second kappa shape index (κ2) is 7.24.